The topological polar surface area (TPSA) is 18.5 Å². The molecule has 4 rings (SSSR count). The summed E-state index contributed by atoms with van der Waals surface area (Å²) in [5.74, 6) is 0. The van der Waals surface area contributed by atoms with Crippen LogP contribution in [-0.2, 0) is 9.47 Å². The second kappa shape index (κ2) is 13.5. The van der Waals surface area contributed by atoms with E-state index in [1.54, 1.807) is 0 Å². The van der Waals surface area contributed by atoms with Gasteiger partial charge >= 0.3 is 0 Å². The fourth-order valence-electron chi connectivity index (χ4n) is 4.06. The van der Waals surface area contributed by atoms with Crippen molar-refractivity contribution in [1.29, 1.82) is 0 Å². The lowest BCUT2D eigenvalue weighted by Crippen LogP contribution is -2.31. The molecule has 4 aromatic carbocycles. The third-order valence-corrected chi connectivity index (χ3v) is 11.9. The summed E-state index contributed by atoms with van der Waals surface area (Å²) in [6, 6.07) is 44.0. The molecule has 34 heavy (non-hydrogen) atoms. The van der Waals surface area contributed by atoms with E-state index in [1.165, 1.54) is 21.2 Å². The number of hydrogen-bond acceptors (Lipinski definition) is 2. The van der Waals surface area contributed by atoms with Gasteiger partial charge in [-0.05, 0) is 44.0 Å². The van der Waals surface area contributed by atoms with Crippen LogP contribution in [0, 0.1) is 0 Å². The van der Waals surface area contributed by atoms with Gasteiger partial charge in [0.2, 0.25) is 0 Å². The van der Waals surface area contributed by atoms with E-state index < -0.39 is 15.8 Å². The van der Waals surface area contributed by atoms with Gasteiger partial charge in [0, 0.05) is 12.0 Å². The van der Waals surface area contributed by atoms with Crippen LogP contribution in [0.2, 0.25) is 0 Å². The van der Waals surface area contributed by atoms with Crippen molar-refractivity contribution < 1.29 is 9.47 Å². The summed E-state index contributed by atoms with van der Waals surface area (Å²) >= 11 is 0. The van der Waals surface area contributed by atoms with Crippen molar-refractivity contribution in [3.05, 3.63) is 121 Å². The van der Waals surface area contributed by atoms with E-state index in [0.717, 1.165) is 0 Å². The lowest BCUT2D eigenvalue weighted by atomic mass is 10.4. The number of benzene rings is 4. The molecule has 0 radical (unpaired) electrons. The summed E-state index contributed by atoms with van der Waals surface area (Å²) < 4.78 is 11.9. The van der Waals surface area contributed by atoms with Crippen LogP contribution in [-0.4, -0.2) is 31.8 Å². The van der Waals surface area contributed by atoms with E-state index >= 15 is 0 Å². The van der Waals surface area contributed by atoms with E-state index in [9.17, 15) is 0 Å². The van der Waals surface area contributed by atoms with Gasteiger partial charge in [-0.15, -0.1) is 0 Å². The van der Waals surface area contributed by atoms with Crippen LogP contribution in [0.1, 0.15) is 6.92 Å². The van der Waals surface area contributed by atoms with Crippen LogP contribution < -0.4 is 21.2 Å². The van der Waals surface area contributed by atoms with Crippen molar-refractivity contribution in [3.63, 3.8) is 0 Å². The van der Waals surface area contributed by atoms with Crippen LogP contribution in [0.25, 0.3) is 0 Å². The van der Waals surface area contributed by atoms with Gasteiger partial charge in [-0.1, -0.05) is 121 Å². The standard InChI is InChI=1S/C30H32O2P2/c1-2-31-23-24-32-25-30(33(26-15-7-3-8-16-26)27-17-9-4-10-18-27)34(28-19-11-5-12-20-28)29-21-13-6-14-22-29/h3-22,30H,2,23-25H2,1H3. The summed E-state index contributed by atoms with van der Waals surface area (Å²) in [6.07, 6.45) is 0. The predicted molar refractivity (Wildman–Crippen MR) is 149 cm³/mol. The number of ether oxygens (including phenoxy) is 2. The molecule has 0 fully saturated rings. The summed E-state index contributed by atoms with van der Waals surface area (Å²) in [5.41, 5.74) is 0. The van der Waals surface area contributed by atoms with Gasteiger partial charge < -0.3 is 9.47 Å². The van der Waals surface area contributed by atoms with E-state index in [0.29, 0.717) is 31.8 Å². The van der Waals surface area contributed by atoms with Gasteiger partial charge in [-0.2, -0.15) is 0 Å². The smallest absolute Gasteiger partial charge is 0.0700 e. The molecule has 174 valence electrons. The van der Waals surface area contributed by atoms with Crippen molar-refractivity contribution in [2.24, 2.45) is 0 Å². The molecule has 0 aliphatic carbocycles. The monoisotopic (exact) mass is 486 g/mol. The van der Waals surface area contributed by atoms with E-state index in [1.807, 2.05) is 6.92 Å². The highest BCUT2D eigenvalue weighted by Gasteiger charge is 2.33. The number of rotatable bonds is 12. The number of hydrogen-bond donors (Lipinski definition) is 0. The Balaban J connectivity index is 1.81. The van der Waals surface area contributed by atoms with Crippen LogP contribution >= 0.6 is 15.8 Å². The lowest BCUT2D eigenvalue weighted by Gasteiger charge is -2.35. The summed E-state index contributed by atoms with van der Waals surface area (Å²) in [6.45, 7) is 4.68. The van der Waals surface area contributed by atoms with Crippen molar-refractivity contribution in [2.75, 3.05) is 26.4 Å². The minimum atomic E-state index is -0.662. The molecule has 0 N–H and O–H groups in total. The van der Waals surface area contributed by atoms with Gasteiger partial charge in [0.25, 0.3) is 0 Å². The van der Waals surface area contributed by atoms with Gasteiger partial charge in [0.1, 0.15) is 0 Å². The van der Waals surface area contributed by atoms with Gasteiger partial charge in [-0.3, -0.25) is 0 Å². The van der Waals surface area contributed by atoms with Crippen molar-refractivity contribution in [1.82, 2.24) is 0 Å². The average molecular weight is 487 g/mol. The second-order valence-corrected chi connectivity index (χ2v) is 13.0. The maximum absolute atomic E-state index is 6.35. The zero-order valence-electron chi connectivity index (χ0n) is 19.7. The highest BCUT2D eigenvalue weighted by atomic mass is 31.2. The predicted octanol–water partition coefficient (Wildman–Crippen LogP) is 5.63. The maximum Gasteiger partial charge on any atom is 0.0700 e. The molecule has 0 heterocycles. The molecule has 2 nitrogen and oxygen atoms in total. The molecule has 0 amide bonds. The fraction of sp³-hybridized carbons (Fsp3) is 0.200. The third kappa shape index (κ3) is 6.62. The molecule has 0 spiro atoms. The first-order valence-corrected chi connectivity index (χ1v) is 14.6. The van der Waals surface area contributed by atoms with Gasteiger partial charge in [0.05, 0.1) is 19.8 Å². The molecule has 0 aliphatic rings. The minimum Gasteiger partial charge on any atom is -0.379 e. The zero-order chi connectivity index (χ0) is 23.4. The molecular weight excluding hydrogens is 454 g/mol. The lowest BCUT2D eigenvalue weighted by molar-refractivity contribution is 0.0574. The maximum atomic E-state index is 6.35. The molecular formula is C30H32O2P2. The molecule has 0 aliphatic heterocycles. The molecule has 4 aromatic rings. The molecule has 0 saturated heterocycles. The van der Waals surface area contributed by atoms with Gasteiger partial charge in [0.15, 0.2) is 0 Å². The van der Waals surface area contributed by atoms with Crippen LogP contribution in [0.15, 0.2) is 121 Å². The summed E-state index contributed by atoms with van der Waals surface area (Å²) in [7, 11) is -1.32. The molecule has 0 saturated carbocycles. The molecule has 0 unspecified atom stereocenters. The molecule has 4 heteroatoms. The molecule has 0 bridgehead atoms. The van der Waals surface area contributed by atoms with Crippen molar-refractivity contribution >= 4 is 37.1 Å². The van der Waals surface area contributed by atoms with Crippen LogP contribution in [0.4, 0.5) is 0 Å². The van der Waals surface area contributed by atoms with Crippen molar-refractivity contribution in [3.8, 4) is 0 Å². The SMILES string of the molecule is CCOCCOCC(P(c1ccccc1)c1ccccc1)P(c1ccccc1)c1ccccc1. The Labute approximate surface area is 206 Å². The summed E-state index contributed by atoms with van der Waals surface area (Å²) in [5, 5.41) is 5.88. The highest BCUT2D eigenvalue weighted by Crippen LogP contribution is 2.56. The van der Waals surface area contributed by atoms with E-state index in [2.05, 4.69) is 121 Å². The first-order chi connectivity index (χ1) is 16.9. The minimum absolute atomic E-state index is 0.321. The average Bonchev–Trinajstić information content (AvgIpc) is 2.91. The second-order valence-electron chi connectivity index (χ2n) is 7.83. The first kappa shape index (κ1) is 24.8. The zero-order valence-corrected chi connectivity index (χ0v) is 21.5. The van der Waals surface area contributed by atoms with Crippen LogP contribution in [0.5, 0.6) is 0 Å². The Bertz CT molecular complexity index is 914. The quantitative estimate of drug-likeness (QED) is 0.191. The van der Waals surface area contributed by atoms with E-state index in [-0.39, 0.29) is 0 Å². The van der Waals surface area contributed by atoms with Crippen LogP contribution in [0.3, 0.4) is 0 Å². The van der Waals surface area contributed by atoms with Gasteiger partial charge in [-0.25, -0.2) is 0 Å². The Morgan fingerprint density at radius 1 is 0.500 bits per heavy atom. The highest BCUT2D eigenvalue weighted by molar-refractivity contribution is 7.89. The summed E-state index contributed by atoms with van der Waals surface area (Å²) in [4.78, 5) is 0. The fourth-order valence-corrected chi connectivity index (χ4v) is 11.0. The van der Waals surface area contributed by atoms with Crippen molar-refractivity contribution in [2.45, 2.75) is 12.3 Å². The Morgan fingerprint density at radius 2 is 0.824 bits per heavy atom. The Hall–Kier alpha value is -2.34. The molecule has 0 atom stereocenters. The Kier molecular flexibility index (Phi) is 9.85. The molecule has 0 aromatic heterocycles. The first-order valence-electron chi connectivity index (χ1n) is 11.8. The third-order valence-electron chi connectivity index (χ3n) is 5.58. The largest absolute Gasteiger partial charge is 0.379 e. The Morgan fingerprint density at radius 3 is 1.15 bits per heavy atom. The normalized spacial score (nSPS) is 11.4. The van der Waals surface area contributed by atoms with E-state index in [4.69, 9.17) is 9.47 Å².